The fourth-order valence-corrected chi connectivity index (χ4v) is 2.12. The van der Waals surface area contributed by atoms with Crippen LogP contribution in [0, 0.1) is 0 Å². The average molecular weight is 630 g/mol. The molecule has 9 nitrogen and oxygen atoms in total. The summed E-state index contributed by atoms with van der Waals surface area (Å²) in [7, 11) is 0. The number of aliphatic hydroxyl groups is 1. The summed E-state index contributed by atoms with van der Waals surface area (Å²) in [6, 6.07) is 10.4. The van der Waals surface area contributed by atoms with E-state index in [0.29, 0.717) is 25.4 Å². The molecule has 0 unspecified atom stereocenters. The SMILES string of the molecule is C=C(C)C(=O)O.C=C(C)C(=O)O.C=C(C)C(=O)OCCCC.C=C(CN(CC)CC)c1ccccc1.CCOCCO.Cl. The molecule has 0 saturated heterocycles. The molecule has 0 heterocycles. The number of nitrogens with zero attached hydrogens (tertiary/aromatic N) is 1. The van der Waals surface area contributed by atoms with Crippen LogP contribution in [0.1, 0.15) is 66.9 Å². The lowest BCUT2D eigenvalue weighted by Gasteiger charge is -2.19. The number of carboxylic acids is 2. The highest BCUT2D eigenvalue weighted by atomic mass is 35.5. The first-order valence-electron chi connectivity index (χ1n) is 13.9. The third-order valence-corrected chi connectivity index (χ3v) is 4.74. The van der Waals surface area contributed by atoms with Crippen LogP contribution in [0.2, 0.25) is 0 Å². The number of benzene rings is 1. The van der Waals surface area contributed by atoms with Gasteiger partial charge < -0.3 is 24.8 Å². The number of rotatable bonds is 14. The minimum Gasteiger partial charge on any atom is -0.478 e. The van der Waals surface area contributed by atoms with Gasteiger partial charge in [0.15, 0.2) is 0 Å². The second-order valence-electron chi connectivity index (χ2n) is 8.79. The summed E-state index contributed by atoms with van der Waals surface area (Å²) >= 11 is 0. The van der Waals surface area contributed by atoms with E-state index >= 15 is 0 Å². The van der Waals surface area contributed by atoms with E-state index in [1.54, 1.807) is 6.92 Å². The molecule has 0 amide bonds. The van der Waals surface area contributed by atoms with Crippen LogP contribution in [0.4, 0.5) is 0 Å². The Balaban J connectivity index is -0.000000147. The Kier molecular flexibility index (Phi) is 40.2. The minimum absolute atomic E-state index is 0. The Morgan fingerprint density at radius 2 is 1.23 bits per heavy atom. The lowest BCUT2D eigenvalue weighted by atomic mass is 10.1. The van der Waals surface area contributed by atoms with Gasteiger partial charge >= 0.3 is 17.9 Å². The van der Waals surface area contributed by atoms with Crippen LogP contribution in [0.25, 0.3) is 5.57 Å². The van der Waals surface area contributed by atoms with Crippen molar-refractivity contribution in [3.8, 4) is 0 Å². The van der Waals surface area contributed by atoms with E-state index in [1.165, 1.54) is 25.0 Å². The predicted octanol–water partition coefficient (Wildman–Crippen LogP) is 6.68. The Morgan fingerprint density at radius 1 is 0.791 bits per heavy atom. The lowest BCUT2D eigenvalue weighted by molar-refractivity contribution is -0.139. The van der Waals surface area contributed by atoms with Crippen molar-refractivity contribution >= 4 is 35.9 Å². The minimum atomic E-state index is -0.935. The molecule has 0 radical (unpaired) electrons. The van der Waals surface area contributed by atoms with E-state index in [4.69, 9.17) is 24.8 Å². The maximum Gasteiger partial charge on any atom is 0.333 e. The average Bonchev–Trinajstić information content (AvgIpc) is 2.96. The third-order valence-electron chi connectivity index (χ3n) is 4.74. The summed E-state index contributed by atoms with van der Waals surface area (Å²) in [4.78, 5) is 32.3. The molecule has 0 aromatic heterocycles. The second-order valence-corrected chi connectivity index (χ2v) is 8.79. The number of unbranched alkanes of at least 4 members (excludes halogenated alkanes) is 1. The maximum absolute atomic E-state index is 10.7. The molecule has 3 N–H and O–H groups in total. The van der Waals surface area contributed by atoms with Gasteiger partial charge in [-0.05, 0) is 58.3 Å². The zero-order valence-electron chi connectivity index (χ0n) is 27.3. The first-order chi connectivity index (χ1) is 19.7. The monoisotopic (exact) mass is 629 g/mol. The molecule has 0 aliphatic heterocycles. The fraction of sp³-hybridized carbons (Fsp3) is 0.485. The van der Waals surface area contributed by atoms with Crippen molar-refractivity contribution in [3.63, 3.8) is 0 Å². The molecule has 1 rings (SSSR count). The van der Waals surface area contributed by atoms with Gasteiger partial charge in [0.2, 0.25) is 0 Å². The number of aliphatic carboxylic acids is 2. The molecule has 10 heteroatoms. The molecule has 0 saturated carbocycles. The first kappa shape index (κ1) is 49.4. The summed E-state index contributed by atoms with van der Waals surface area (Å²) < 4.78 is 9.54. The normalized spacial score (nSPS) is 8.86. The quantitative estimate of drug-likeness (QED) is 0.117. The maximum atomic E-state index is 10.7. The smallest absolute Gasteiger partial charge is 0.333 e. The molecule has 248 valence electrons. The van der Waals surface area contributed by atoms with Gasteiger partial charge in [0.25, 0.3) is 0 Å². The molecule has 0 spiro atoms. The van der Waals surface area contributed by atoms with Crippen LogP contribution in [0.15, 0.2) is 73.4 Å². The number of hydrogen-bond acceptors (Lipinski definition) is 7. The van der Waals surface area contributed by atoms with Gasteiger partial charge in [-0.25, -0.2) is 14.4 Å². The number of esters is 1. The molecule has 0 bridgehead atoms. The highest BCUT2D eigenvalue weighted by Gasteiger charge is 2.03. The van der Waals surface area contributed by atoms with E-state index in [9.17, 15) is 14.4 Å². The van der Waals surface area contributed by atoms with E-state index in [0.717, 1.165) is 32.5 Å². The van der Waals surface area contributed by atoms with Crippen molar-refractivity contribution in [2.24, 2.45) is 0 Å². The van der Waals surface area contributed by atoms with Crippen LogP contribution in [0.5, 0.6) is 0 Å². The van der Waals surface area contributed by atoms with Crippen molar-refractivity contribution in [1.29, 1.82) is 0 Å². The van der Waals surface area contributed by atoms with E-state index in [2.05, 4.69) is 76.3 Å². The molecule has 0 atom stereocenters. The zero-order chi connectivity index (χ0) is 33.5. The van der Waals surface area contributed by atoms with Gasteiger partial charge in [-0.3, -0.25) is 4.90 Å². The van der Waals surface area contributed by atoms with Crippen molar-refractivity contribution < 1.29 is 39.2 Å². The number of hydrogen-bond donors (Lipinski definition) is 3. The Bertz CT molecular complexity index is 861. The Morgan fingerprint density at radius 3 is 1.51 bits per heavy atom. The standard InChI is InChI=1S/C13H19N.C8H14O2.2C4H6O2.C4H10O2.ClH/c1-4-14(5-2)11-12(3)13-9-7-6-8-10-13;1-4-5-6-10-8(9)7(2)3;2*1-3(2)4(5)6;1-2-6-4-3-5;/h6-10H,3-5,11H2,1-2H3;2,4-6H2,1,3H3;2*1H2,2H3,(H,5,6);5H,2-4H2,1H3;1H. The highest BCUT2D eigenvalue weighted by molar-refractivity contribution is 5.87. The Hall–Kier alpha value is -3.24. The van der Waals surface area contributed by atoms with Gasteiger partial charge in [-0.15, -0.1) is 12.4 Å². The summed E-state index contributed by atoms with van der Waals surface area (Å²) in [5.41, 5.74) is 3.27. The molecule has 0 fully saturated rings. The van der Waals surface area contributed by atoms with Gasteiger partial charge in [0.05, 0.1) is 19.8 Å². The largest absolute Gasteiger partial charge is 0.478 e. The number of carbonyl (C=O) groups excluding carboxylic acids is 1. The molecule has 0 aliphatic carbocycles. The van der Waals surface area contributed by atoms with E-state index < -0.39 is 11.9 Å². The van der Waals surface area contributed by atoms with Gasteiger partial charge in [-0.1, -0.05) is 83.8 Å². The molecular formula is C33H56ClNO8. The van der Waals surface area contributed by atoms with Crippen molar-refractivity contribution in [1.82, 2.24) is 4.90 Å². The number of aliphatic hydroxyl groups excluding tert-OH is 1. The van der Waals surface area contributed by atoms with Crippen LogP contribution < -0.4 is 0 Å². The van der Waals surface area contributed by atoms with Crippen molar-refractivity contribution in [3.05, 3.63) is 78.9 Å². The van der Waals surface area contributed by atoms with Crippen molar-refractivity contribution in [2.45, 2.75) is 61.3 Å². The molecular weight excluding hydrogens is 574 g/mol. The van der Waals surface area contributed by atoms with Gasteiger partial charge in [0, 0.05) is 29.9 Å². The second kappa shape index (κ2) is 35.0. The van der Waals surface area contributed by atoms with Crippen LogP contribution in [-0.2, 0) is 23.9 Å². The number of ether oxygens (including phenoxy) is 2. The molecule has 1 aromatic rings. The van der Waals surface area contributed by atoms with Gasteiger partial charge in [-0.2, -0.15) is 0 Å². The number of halogens is 1. The first-order valence-corrected chi connectivity index (χ1v) is 13.9. The topological polar surface area (TPSA) is 134 Å². The van der Waals surface area contributed by atoms with Crippen LogP contribution in [0.3, 0.4) is 0 Å². The van der Waals surface area contributed by atoms with E-state index in [-0.39, 0.29) is 36.1 Å². The summed E-state index contributed by atoms with van der Waals surface area (Å²) in [5.74, 6) is -2.15. The number of carbonyl (C=O) groups is 3. The summed E-state index contributed by atoms with van der Waals surface area (Å²) in [6.45, 7) is 31.7. The van der Waals surface area contributed by atoms with Crippen LogP contribution >= 0.6 is 12.4 Å². The highest BCUT2D eigenvalue weighted by Crippen LogP contribution is 2.12. The van der Waals surface area contributed by atoms with Crippen molar-refractivity contribution in [2.75, 3.05) is 46.1 Å². The lowest BCUT2D eigenvalue weighted by Crippen LogP contribution is -2.24. The Labute approximate surface area is 266 Å². The molecule has 1 aromatic carbocycles. The predicted molar refractivity (Wildman–Crippen MR) is 180 cm³/mol. The number of likely N-dealkylation sites (N-methyl/N-ethyl adjacent to an activating group) is 1. The van der Waals surface area contributed by atoms with Gasteiger partial charge in [0.1, 0.15) is 0 Å². The number of carboxylic acid groups (broad SMARTS) is 2. The van der Waals surface area contributed by atoms with E-state index in [1.807, 2.05) is 13.0 Å². The van der Waals surface area contributed by atoms with Crippen LogP contribution in [-0.4, -0.2) is 84.2 Å². The summed E-state index contributed by atoms with van der Waals surface area (Å²) in [5, 5.41) is 23.9. The summed E-state index contributed by atoms with van der Waals surface area (Å²) in [6.07, 6.45) is 1.97. The fourth-order valence-electron chi connectivity index (χ4n) is 2.12. The molecule has 0 aliphatic rings. The molecule has 43 heavy (non-hydrogen) atoms. The zero-order valence-corrected chi connectivity index (χ0v) is 28.1. The third kappa shape index (κ3) is 38.8.